The van der Waals surface area contributed by atoms with Crippen LogP contribution in [0.15, 0.2) is 24.3 Å². The third kappa shape index (κ3) is 3.17. The van der Waals surface area contributed by atoms with E-state index >= 15 is 0 Å². The summed E-state index contributed by atoms with van der Waals surface area (Å²) in [6.45, 7) is 3.31. The molecule has 2 atom stereocenters. The van der Waals surface area contributed by atoms with Crippen LogP contribution in [0, 0.1) is 0 Å². The number of ether oxygens (including phenoxy) is 1. The molecule has 0 saturated carbocycles. The standard InChI is InChI=1S/C12H17F2NO/c1-8(15-9(2)12(13)14)10-6-4-5-7-11(10)16-3/h4-9,12,15H,1-3H3/t8-,9?/m0/s1. The zero-order valence-electron chi connectivity index (χ0n) is 9.71. The van der Waals surface area contributed by atoms with E-state index in [1.807, 2.05) is 31.2 Å². The quantitative estimate of drug-likeness (QED) is 0.838. The van der Waals surface area contributed by atoms with Crippen molar-refractivity contribution in [3.05, 3.63) is 29.8 Å². The van der Waals surface area contributed by atoms with Crippen molar-refractivity contribution in [2.24, 2.45) is 0 Å². The Morgan fingerprint density at radius 3 is 2.38 bits per heavy atom. The van der Waals surface area contributed by atoms with E-state index in [9.17, 15) is 8.78 Å². The normalized spacial score (nSPS) is 14.9. The molecule has 1 unspecified atom stereocenters. The molecule has 0 bridgehead atoms. The van der Waals surface area contributed by atoms with Crippen molar-refractivity contribution in [1.29, 1.82) is 0 Å². The molecule has 0 aliphatic carbocycles. The van der Waals surface area contributed by atoms with Gasteiger partial charge < -0.3 is 10.1 Å². The fourth-order valence-corrected chi connectivity index (χ4v) is 1.58. The van der Waals surface area contributed by atoms with Crippen LogP contribution >= 0.6 is 0 Å². The van der Waals surface area contributed by atoms with Crippen LogP contribution in [-0.2, 0) is 0 Å². The van der Waals surface area contributed by atoms with Crippen molar-refractivity contribution in [2.75, 3.05) is 7.11 Å². The van der Waals surface area contributed by atoms with E-state index in [2.05, 4.69) is 5.32 Å². The molecule has 1 aromatic carbocycles. The molecule has 2 nitrogen and oxygen atoms in total. The molecule has 0 heterocycles. The number of hydrogen-bond donors (Lipinski definition) is 1. The van der Waals surface area contributed by atoms with Crippen molar-refractivity contribution in [1.82, 2.24) is 5.32 Å². The van der Waals surface area contributed by atoms with Crippen molar-refractivity contribution >= 4 is 0 Å². The second-order valence-electron chi connectivity index (χ2n) is 3.75. The predicted octanol–water partition coefficient (Wildman–Crippen LogP) is 3.00. The highest BCUT2D eigenvalue weighted by Crippen LogP contribution is 2.24. The molecule has 4 heteroatoms. The first kappa shape index (κ1) is 12.9. The Labute approximate surface area is 94.6 Å². The summed E-state index contributed by atoms with van der Waals surface area (Å²) in [6, 6.07) is 6.41. The molecule has 0 aromatic heterocycles. The summed E-state index contributed by atoms with van der Waals surface area (Å²) in [5.41, 5.74) is 0.887. The monoisotopic (exact) mass is 229 g/mol. The first-order valence-electron chi connectivity index (χ1n) is 5.23. The Kier molecular flexibility index (Phi) is 4.68. The van der Waals surface area contributed by atoms with Crippen LogP contribution in [0.1, 0.15) is 25.5 Å². The van der Waals surface area contributed by atoms with Crippen LogP contribution in [0.5, 0.6) is 5.75 Å². The highest BCUT2D eigenvalue weighted by atomic mass is 19.3. The van der Waals surface area contributed by atoms with Crippen LogP contribution in [0.4, 0.5) is 8.78 Å². The van der Waals surface area contributed by atoms with Crippen LogP contribution in [0.2, 0.25) is 0 Å². The highest BCUT2D eigenvalue weighted by Gasteiger charge is 2.19. The van der Waals surface area contributed by atoms with Gasteiger partial charge in [0, 0.05) is 11.6 Å². The van der Waals surface area contributed by atoms with E-state index in [0.29, 0.717) is 5.75 Å². The van der Waals surface area contributed by atoms with Gasteiger partial charge in [-0.25, -0.2) is 8.78 Å². The van der Waals surface area contributed by atoms with Gasteiger partial charge in [-0.1, -0.05) is 18.2 Å². The molecule has 1 aromatic rings. The van der Waals surface area contributed by atoms with Gasteiger partial charge in [0.25, 0.3) is 6.43 Å². The van der Waals surface area contributed by atoms with Crippen LogP contribution < -0.4 is 10.1 Å². The number of alkyl halides is 2. The van der Waals surface area contributed by atoms with Crippen molar-refractivity contribution in [2.45, 2.75) is 32.4 Å². The van der Waals surface area contributed by atoms with Crippen LogP contribution in [-0.4, -0.2) is 19.6 Å². The molecule has 1 rings (SSSR count). The predicted molar refractivity (Wildman–Crippen MR) is 60.0 cm³/mol. The second-order valence-corrected chi connectivity index (χ2v) is 3.75. The number of methoxy groups -OCH3 is 1. The minimum absolute atomic E-state index is 0.167. The summed E-state index contributed by atoms with van der Waals surface area (Å²) in [5, 5.41) is 2.84. The van der Waals surface area contributed by atoms with Gasteiger partial charge >= 0.3 is 0 Å². The molecule has 1 N–H and O–H groups in total. The van der Waals surface area contributed by atoms with Gasteiger partial charge in [0.2, 0.25) is 0 Å². The summed E-state index contributed by atoms with van der Waals surface area (Å²) >= 11 is 0. The topological polar surface area (TPSA) is 21.3 Å². The molecule has 0 fully saturated rings. The second kappa shape index (κ2) is 5.80. The Morgan fingerprint density at radius 1 is 1.19 bits per heavy atom. The molecule has 0 spiro atoms. The molecular weight excluding hydrogens is 212 g/mol. The molecule has 90 valence electrons. The first-order valence-corrected chi connectivity index (χ1v) is 5.23. The van der Waals surface area contributed by atoms with Gasteiger partial charge in [-0.2, -0.15) is 0 Å². The van der Waals surface area contributed by atoms with Gasteiger partial charge in [0.05, 0.1) is 13.2 Å². The Hall–Kier alpha value is -1.16. The van der Waals surface area contributed by atoms with E-state index in [1.165, 1.54) is 6.92 Å². The smallest absolute Gasteiger partial charge is 0.253 e. The largest absolute Gasteiger partial charge is 0.496 e. The highest BCUT2D eigenvalue weighted by molar-refractivity contribution is 5.35. The maximum Gasteiger partial charge on any atom is 0.253 e. The first-order chi connectivity index (χ1) is 7.56. The lowest BCUT2D eigenvalue weighted by atomic mass is 10.1. The van der Waals surface area contributed by atoms with Gasteiger partial charge in [-0.05, 0) is 19.9 Å². The minimum atomic E-state index is -2.36. The zero-order valence-corrected chi connectivity index (χ0v) is 9.71. The fourth-order valence-electron chi connectivity index (χ4n) is 1.58. The van der Waals surface area contributed by atoms with Crippen molar-refractivity contribution in [3.8, 4) is 5.75 Å². The number of halogens is 2. The van der Waals surface area contributed by atoms with Gasteiger partial charge in [0.15, 0.2) is 0 Å². The molecule has 0 aliphatic heterocycles. The summed E-state index contributed by atoms with van der Waals surface area (Å²) in [4.78, 5) is 0. The summed E-state index contributed by atoms with van der Waals surface area (Å²) < 4.78 is 30.0. The van der Waals surface area contributed by atoms with Crippen LogP contribution in [0.3, 0.4) is 0 Å². The average Bonchev–Trinajstić information content (AvgIpc) is 2.28. The molecule has 0 aliphatic rings. The van der Waals surface area contributed by atoms with E-state index in [-0.39, 0.29) is 6.04 Å². The molecule has 0 amide bonds. The molecular formula is C12H17F2NO. The lowest BCUT2D eigenvalue weighted by Crippen LogP contribution is -2.34. The maximum atomic E-state index is 12.4. The lowest BCUT2D eigenvalue weighted by Gasteiger charge is -2.21. The number of nitrogens with one attached hydrogen (secondary N) is 1. The van der Waals surface area contributed by atoms with E-state index in [4.69, 9.17) is 4.74 Å². The van der Waals surface area contributed by atoms with E-state index < -0.39 is 12.5 Å². The van der Waals surface area contributed by atoms with Gasteiger partial charge in [-0.3, -0.25) is 0 Å². The molecule has 0 radical (unpaired) electrons. The SMILES string of the molecule is COc1ccccc1[C@H](C)NC(C)C(F)F. The number of rotatable bonds is 5. The molecule has 16 heavy (non-hydrogen) atoms. The van der Waals surface area contributed by atoms with Crippen LogP contribution in [0.25, 0.3) is 0 Å². The van der Waals surface area contributed by atoms with Gasteiger partial charge in [0.1, 0.15) is 5.75 Å². The Morgan fingerprint density at radius 2 is 1.81 bits per heavy atom. The van der Waals surface area contributed by atoms with Crippen molar-refractivity contribution < 1.29 is 13.5 Å². The number of para-hydroxylation sites is 1. The summed E-state index contributed by atoms with van der Waals surface area (Å²) in [7, 11) is 1.57. The average molecular weight is 229 g/mol. The zero-order chi connectivity index (χ0) is 12.1. The third-order valence-corrected chi connectivity index (χ3v) is 2.50. The number of hydrogen-bond acceptors (Lipinski definition) is 2. The Balaban J connectivity index is 2.76. The van der Waals surface area contributed by atoms with E-state index in [1.54, 1.807) is 7.11 Å². The lowest BCUT2D eigenvalue weighted by molar-refractivity contribution is 0.101. The van der Waals surface area contributed by atoms with Crippen molar-refractivity contribution in [3.63, 3.8) is 0 Å². The summed E-state index contributed by atoms with van der Waals surface area (Å²) in [5.74, 6) is 0.712. The van der Waals surface area contributed by atoms with Gasteiger partial charge in [-0.15, -0.1) is 0 Å². The maximum absolute atomic E-state index is 12.4. The summed E-state index contributed by atoms with van der Waals surface area (Å²) in [6.07, 6.45) is -2.36. The Bertz CT molecular complexity index is 331. The van der Waals surface area contributed by atoms with E-state index in [0.717, 1.165) is 5.56 Å². The third-order valence-electron chi connectivity index (χ3n) is 2.50. The minimum Gasteiger partial charge on any atom is -0.496 e. The molecule has 0 saturated heterocycles. The fraction of sp³-hybridized carbons (Fsp3) is 0.500. The number of benzene rings is 1.